The Balaban J connectivity index is 2.22. The molecule has 6 heteroatoms. The van der Waals surface area contributed by atoms with Crippen LogP contribution in [0.2, 0.25) is 0 Å². The molecule has 0 fully saturated rings. The number of methoxy groups -OCH3 is 1. The lowest BCUT2D eigenvalue weighted by Gasteiger charge is -2.11. The van der Waals surface area contributed by atoms with E-state index in [9.17, 15) is 13.2 Å². The fraction of sp³-hybridized carbons (Fsp3) is 0.286. The van der Waals surface area contributed by atoms with Crippen molar-refractivity contribution in [2.24, 2.45) is 5.92 Å². The maximum absolute atomic E-state index is 12.4. The summed E-state index contributed by atoms with van der Waals surface area (Å²) in [5, 5.41) is 0. The van der Waals surface area contributed by atoms with Gasteiger partial charge in [-0.15, -0.1) is 0 Å². The molecule has 0 aliphatic heterocycles. The van der Waals surface area contributed by atoms with Crippen molar-refractivity contribution in [3.05, 3.63) is 59.7 Å². The summed E-state index contributed by atoms with van der Waals surface area (Å²) >= 11 is 0. The lowest BCUT2D eigenvalue weighted by atomic mass is 10.1. The number of hydrogen-bond donors (Lipinski definition) is 0. The van der Waals surface area contributed by atoms with Crippen molar-refractivity contribution in [1.29, 1.82) is 0 Å². The predicted octanol–water partition coefficient (Wildman–Crippen LogP) is 4.40. The topological polar surface area (TPSA) is 69.7 Å². The van der Waals surface area contributed by atoms with Crippen LogP contribution in [0.1, 0.15) is 31.4 Å². The Morgan fingerprint density at radius 3 is 2.33 bits per heavy atom. The number of allylic oxidation sites excluding steroid dienone is 1. The van der Waals surface area contributed by atoms with Crippen LogP contribution in [0.3, 0.4) is 0 Å². The Kier molecular flexibility index (Phi) is 6.80. The number of rotatable bonds is 8. The minimum absolute atomic E-state index is 0.0336. The monoisotopic (exact) mass is 388 g/mol. The first-order chi connectivity index (χ1) is 12.7. The van der Waals surface area contributed by atoms with E-state index in [0.717, 1.165) is 5.56 Å². The van der Waals surface area contributed by atoms with Crippen molar-refractivity contribution < 1.29 is 22.1 Å². The summed E-state index contributed by atoms with van der Waals surface area (Å²) in [4.78, 5) is 11.9. The normalized spacial score (nSPS) is 11.7. The van der Waals surface area contributed by atoms with Gasteiger partial charge in [0.1, 0.15) is 4.90 Å². The molecule has 0 saturated carbocycles. The molecule has 5 nitrogen and oxygen atoms in total. The highest BCUT2D eigenvalue weighted by molar-refractivity contribution is 7.87. The summed E-state index contributed by atoms with van der Waals surface area (Å²) in [6.45, 7) is 5.84. The molecule has 144 valence electrons. The van der Waals surface area contributed by atoms with Crippen molar-refractivity contribution in [1.82, 2.24) is 0 Å². The van der Waals surface area contributed by atoms with Crippen LogP contribution in [0.15, 0.2) is 53.4 Å². The highest BCUT2D eigenvalue weighted by Crippen LogP contribution is 2.31. The number of ether oxygens (including phenoxy) is 1. The van der Waals surface area contributed by atoms with Crippen molar-refractivity contribution in [3.63, 3.8) is 0 Å². The SMILES string of the molecule is COc1cc(/C=C/C(=O)CC(C)C)ccc1OS(=O)(=O)c1ccc(C)cc1. The van der Waals surface area contributed by atoms with E-state index in [2.05, 4.69) is 0 Å². The van der Waals surface area contributed by atoms with Gasteiger partial charge in [0.25, 0.3) is 0 Å². The summed E-state index contributed by atoms with van der Waals surface area (Å²) in [5.41, 5.74) is 1.67. The van der Waals surface area contributed by atoms with E-state index in [1.54, 1.807) is 30.3 Å². The van der Waals surface area contributed by atoms with Crippen LogP contribution in [-0.2, 0) is 14.9 Å². The minimum atomic E-state index is -3.97. The smallest absolute Gasteiger partial charge is 0.339 e. The first-order valence-electron chi connectivity index (χ1n) is 8.61. The molecule has 2 rings (SSSR count). The van der Waals surface area contributed by atoms with Crippen LogP contribution < -0.4 is 8.92 Å². The van der Waals surface area contributed by atoms with E-state index >= 15 is 0 Å². The van der Waals surface area contributed by atoms with Gasteiger partial charge < -0.3 is 8.92 Å². The van der Waals surface area contributed by atoms with Gasteiger partial charge >= 0.3 is 10.1 Å². The van der Waals surface area contributed by atoms with Gasteiger partial charge in [-0.05, 0) is 48.7 Å². The third kappa shape index (κ3) is 5.96. The number of carbonyl (C=O) groups is 1. The second-order valence-electron chi connectivity index (χ2n) is 6.66. The minimum Gasteiger partial charge on any atom is -0.493 e. The molecule has 0 spiro atoms. The Morgan fingerprint density at radius 1 is 1.07 bits per heavy atom. The summed E-state index contributed by atoms with van der Waals surface area (Å²) in [6, 6.07) is 11.2. The van der Waals surface area contributed by atoms with Crippen LogP contribution >= 0.6 is 0 Å². The number of benzene rings is 2. The number of carbonyl (C=O) groups excluding carboxylic acids is 1. The molecular formula is C21H24O5S. The number of aryl methyl sites for hydroxylation is 1. The molecular weight excluding hydrogens is 364 g/mol. The average molecular weight is 388 g/mol. The van der Waals surface area contributed by atoms with E-state index in [0.29, 0.717) is 17.9 Å². The Morgan fingerprint density at radius 2 is 1.74 bits per heavy atom. The largest absolute Gasteiger partial charge is 0.493 e. The first kappa shape index (κ1) is 20.7. The molecule has 0 aliphatic carbocycles. The standard InChI is InChI=1S/C21H24O5S/c1-15(2)13-18(22)9-7-17-8-12-20(21(14-17)25-4)26-27(23,24)19-10-5-16(3)6-11-19/h5-12,14-15H,13H2,1-4H3/b9-7+. The van der Waals surface area contributed by atoms with Crippen molar-refractivity contribution in [2.75, 3.05) is 7.11 Å². The molecule has 0 atom stereocenters. The third-order valence-corrected chi connectivity index (χ3v) is 5.02. The van der Waals surface area contributed by atoms with E-state index in [-0.39, 0.29) is 22.2 Å². The summed E-state index contributed by atoms with van der Waals surface area (Å²) in [6.07, 6.45) is 3.66. The van der Waals surface area contributed by atoms with Gasteiger partial charge in [0.05, 0.1) is 7.11 Å². The zero-order chi connectivity index (χ0) is 20.0. The van der Waals surface area contributed by atoms with E-state index in [4.69, 9.17) is 8.92 Å². The van der Waals surface area contributed by atoms with Crippen molar-refractivity contribution in [3.8, 4) is 11.5 Å². The zero-order valence-electron chi connectivity index (χ0n) is 15.9. The highest BCUT2D eigenvalue weighted by atomic mass is 32.2. The van der Waals surface area contributed by atoms with Gasteiger partial charge in [0.15, 0.2) is 17.3 Å². The van der Waals surface area contributed by atoms with Gasteiger partial charge in [0.2, 0.25) is 0 Å². The van der Waals surface area contributed by atoms with Crippen molar-refractivity contribution in [2.45, 2.75) is 32.1 Å². The highest BCUT2D eigenvalue weighted by Gasteiger charge is 2.19. The van der Waals surface area contributed by atoms with E-state index < -0.39 is 10.1 Å². The Labute approximate surface area is 160 Å². The van der Waals surface area contributed by atoms with E-state index in [1.165, 1.54) is 31.4 Å². The quantitative estimate of drug-likeness (QED) is 0.495. The van der Waals surface area contributed by atoms with Gasteiger partial charge in [-0.3, -0.25) is 4.79 Å². The second kappa shape index (κ2) is 8.86. The Hall–Kier alpha value is -2.60. The van der Waals surface area contributed by atoms with Gasteiger partial charge in [-0.1, -0.05) is 43.7 Å². The molecule has 2 aromatic rings. The van der Waals surface area contributed by atoms with Gasteiger partial charge in [-0.25, -0.2) is 0 Å². The predicted molar refractivity (Wildman–Crippen MR) is 105 cm³/mol. The molecule has 0 saturated heterocycles. The molecule has 0 heterocycles. The van der Waals surface area contributed by atoms with Crippen LogP contribution in [0, 0.1) is 12.8 Å². The first-order valence-corrected chi connectivity index (χ1v) is 10.0. The fourth-order valence-corrected chi connectivity index (χ4v) is 3.33. The molecule has 0 aliphatic rings. The van der Waals surface area contributed by atoms with Gasteiger partial charge in [0, 0.05) is 6.42 Å². The second-order valence-corrected chi connectivity index (χ2v) is 8.20. The lowest BCUT2D eigenvalue weighted by Crippen LogP contribution is -2.10. The van der Waals surface area contributed by atoms with Crippen LogP contribution in [0.4, 0.5) is 0 Å². The molecule has 0 unspecified atom stereocenters. The summed E-state index contributed by atoms with van der Waals surface area (Å²) < 4.78 is 35.4. The van der Waals surface area contributed by atoms with Crippen LogP contribution in [-0.4, -0.2) is 21.3 Å². The third-order valence-electron chi connectivity index (χ3n) is 3.77. The lowest BCUT2D eigenvalue weighted by molar-refractivity contribution is -0.115. The van der Waals surface area contributed by atoms with Crippen LogP contribution in [0.25, 0.3) is 6.08 Å². The molecule has 0 radical (unpaired) electrons. The van der Waals surface area contributed by atoms with Crippen molar-refractivity contribution >= 4 is 22.0 Å². The molecule has 0 aromatic heterocycles. The molecule has 0 N–H and O–H groups in total. The van der Waals surface area contributed by atoms with E-state index in [1.807, 2.05) is 20.8 Å². The molecule has 0 amide bonds. The summed E-state index contributed by atoms with van der Waals surface area (Å²) in [5.74, 6) is 0.679. The molecule has 2 aromatic carbocycles. The fourth-order valence-electron chi connectivity index (χ4n) is 2.39. The zero-order valence-corrected chi connectivity index (χ0v) is 16.7. The maximum atomic E-state index is 12.4. The number of ketones is 1. The summed E-state index contributed by atoms with van der Waals surface area (Å²) in [7, 11) is -2.54. The Bertz CT molecular complexity index is 926. The maximum Gasteiger partial charge on any atom is 0.339 e. The molecule has 0 bridgehead atoms. The van der Waals surface area contributed by atoms with Crippen LogP contribution in [0.5, 0.6) is 11.5 Å². The van der Waals surface area contributed by atoms with Gasteiger partial charge in [-0.2, -0.15) is 8.42 Å². The average Bonchev–Trinajstić information content (AvgIpc) is 2.60. The number of hydrogen-bond acceptors (Lipinski definition) is 5. The molecule has 27 heavy (non-hydrogen) atoms.